The van der Waals surface area contributed by atoms with E-state index in [4.69, 9.17) is 40.8 Å². The third-order valence-electron chi connectivity index (χ3n) is 19.8. The quantitative estimate of drug-likeness (QED) is 0.0840. The molecule has 91 heavy (non-hydrogen) atoms. The average Bonchev–Trinajstić information content (AvgIpc) is 1.88. The molecule has 490 valence electrons. The van der Waals surface area contributed by atoms with Gasteiger partial charge in [0, 0.05) is 153 Å². The van der Waals surface area contributed by atoms with Crippen LogP contribution in [-0.2, 0) is 70.2 Å². The Hall–Kier alpha value is -6.67. The molecule has 8 aliphatic rings. The van der Waals surface area contributed by atoms with E-state index in [1.807, 2.05) is 54.4 Å². The molecular formula is C67H87ClN10O12S. The van der Waals surface area contributed by atoms with Crippen LogP contribution in [0, 0.1) is 17.8 Å². The second-order valence-corrected chi connectivity index (χ2v) is 28.5. The van der Waals surface area contributed by atoms with Gasteiger partial charge in [0.1, 0.15) is 15.7 Å². The number of allylic oxidation sites excluding steroid dienone is 1. The molecule has 24 heteroatoms. The van der Waals surface area contributed by atoms with Gasteiger partial charge in [-0.25, -0.2) is 13.8 Å². The molecule has 6 aliphatic heterocycles. The number of hydrogen-bond acceptors (Lipinski definition) is 15. The molecule has 2 aliphatic carbocycles. The first-order chi connectivity index (χ1) is 43.8. The maximum Gasteiger partial charge on any atom is 0.337 e. The monoisotopic (exact) mass is 1290 g/mol. The summed E-state index contributed by atoms with van der Waals surface area (Å²) in [6, 6.07) is 17.8. The van der Waals surface area contributed by atoms with Crippen LogP contribution in [0.1, 0.15) is 113 Å². The molecule has 2 aromatic carbocycles. The Labute approximate surface area is 538 Å². The van der Waals surface area contributed by atoms with Crippen molar-refractivity contribution in [3.05, 3.63) is 141 Å². The van der Waals surface area contributed by atoms with Crippen molar-refractivity contribution >= 4 is 57.2 Å². The Balaban J connectivity index is 0.000000222. The van der Waals surface area contributed by atoms with E-state index in [1.54, 1.807) is 38.7 Å². The number of aromatic nitrogens is 3. The minimum atomic E-state index is -3.56. The number of nitrogens with zero attached hydrogens (tertiary/aromatic N) is 9. The van der Waals surface area contributed by atoms with Crippen molar-refractivity contribution in [2.75, 3.05) is 116 Å². The molecular weight excluding hydrogens is 1200 g/mol. The number of methoxy groups -OCH3 is 1. The fourth-order valence-electron chi connectivity index (χ4n) is 14.1. The number of amides is 2. The third-order valence-corrected chi connectivity index (χ3v) is 22.0. The maximum atomic E-state index is 14.9. The number of aldehydes is 1. The standard InChI is InChI=1S/C46H59ClN6O6S.C14H21N3O3.C7H7NO3/c1-31-6-4-8-42(57-3)39-12-9-34(39)24-53-29-46(15-5-7-32-20-36(47)11-13-40(32)46)30-59-43-14-10-33(22-41(43)53)44(54)48-60(56,28-31)49-45(55)35-21-37(50(2)23-35)25-51-16-18-52(19-17-51)38-26-58-27-38;1-15-7-11(14(18)19)6-12(15)8-16-2-4-17(5-3-16)13-9-20-10-13;1-8-3-5(7(10)11)2-6(8)4-9/h4,8,10-11,13-14,20-23,31,34,38-39,42H,5-7,9,12,15-19,24-30H2,1-3H3,(H,48,49,54,55,56);6-7,13H,2-5,8-10H2,1H3,(H,18,19);2-4H,1H3,(H,10,11)/b8-4+;;/t31-,34-,39+,42-,46-,60?;;/m0../s1. The molecule has 1 spiro atoms. The lowest BCUT2D eigenvalue weighted by atomic mass is 9.68. The summed E-state index contributed by atoms with van der Waals surface area (Å²) in [4.78, 5) is 72.0. The Kier molecular flexibility index (Phi) is 20.7. The third kappa shape index (κ3) is 15.4. The van der Waals surface area contributed by atoms with Crippen molar-refractivity contribution in [2.45, 2.75) is 82.1 Å². The van der Waals surface area contributed by atoms with Crippen molar-refractivity contribution < 1.29 is 57.3 Å². The fourth-order valence-corrected chi connectivity index (χ4v) is 16.1. The first kappa shape index (κ1) is 65.8. The molecule has 5 aromatic rings. The number of halogens is 1. The van der Waals surface area contributed by atoms with Gasteiger partial charge in [-0.1, -0.05) is 36.7 Å². The second kappa shape index (κ2) is 28.7. The normalized spacial score (nSPS) is 26.3. The van der Waals surface area contributed by atoms with Crippen LogP contribution in [0.4, 0.5) is 5.69 Å². The van der Waals surface area contributed by atoms with Crippen LogP contribution in [0.3, 0.4) is 0 Å². The Morgan fingerprint density at radius 3 is 1.97 bits per heavy atom. The summed E-state index contributed by atoms with van der Waals surface area (Å²) < 4.78 is 50.9. The van der Waals surface area contributed by atoms with E-state index < -0.39 is 33.7 Å². The predicted molar refractivity (Wildman–Crippen MR) is 346 cm³/mol. The van der Waals surface area contributed by atoms with Gasteiger partial charge in [-0.15, -0.1) is 4.36 Å². The highest BCUT2D eigenvalue weighted by atomic mass is 35.5. The molecule has 22 nitrogen and oxygen atoms in total. The zero-order valence-electron chi connectivity index (χ0n) is 52.9. The number of hydrogen-bond donors (Lipinski definition) is 3. The Bertz CT molecular complexity index is 3620. The van der Waals surface area contributed by atoms with Crippen molar-refractivity contribution in [1.29, 1.82) is 0 Å². The minimum absolute atomic E-state index is 0.0145. The highest BCUT2D eigenvalue weighted by molar-refractivity contribution is 7.92. The van der Waals surface area contributed by atoms with E-state index in [-0.39, 0.29) is 28.8 Å². The molecule has 6 atom stereocenters. The summed E-state index contributed by atoms with van der Waals surface area (Å²) in [5.74, 6) is -1.72. The molecule has 4 saturated heterocycles. The first-order valence-electron chi connectivity index (χ1n) is 31.8. The van der Waals surface area contributed by atoms with Crippen molar-refractivity contribution in [1.82, 2.24) is 38.0 Å². The van der Waals surface area contributed by atoms with Gasteiger partial charge in [0.15, 0.2) is 6.29 Å². The van der Waals surface area contributed by atoms with E-state index in [0.29, 0.717) is 77.9 Å². The molecule has 9 heterocycles. The lowest BCUT2D eigenvalue weighted by molar-refractivity contribution is -0.0775. The van der Waals surface area contributed by atoms with Gasteiger partial charge < -0.3 is 47.8 Å². The number of carboxylic acids is 2. The number of nitrogens with one attached hydrogen (secondary N) is 1. The van der Waals surface area contributed by atoms with Gasteiger partial charge in [-0.2, -0.15) is 0 Å². The fraction of sp³-hybridized carbons (Fsp3) is 0.537. The number of rotatable bonds is 12. The predicted octanol–water partition coefficient (Wildman–Crippen LogP) is 7.03. The molecule has 0 radical (unpaired) electrons. The highest BCUT2D eigenvalue weighted by Gasteiger charge is 2.45. The van der Waals surface area contributed by atoms with E-state index in [9.17, 15) is 28.2 Å². The van der Waals surface area contributed by atoms with E-state index in [0.717, 1.165) is 153 Å². The summed E-state index contributed by atoms with van der Waals surface area (Å²) in [5.41, 5.74) is 6.72. The number of aryl methyl sites for hydroxylation is 4. The molecule has 5 fully saturated rings. The van der Waals surface area contributed by atoms with Crippen molar-refractivity contribution in [3.8, 4) is 5.75 Å². The number of aromatic carboxylic acids is 2. The van der Waals surface area contributed by atoms with Crippen molar-refractivity contribution in [3.63, 3.8) is 0 Å². The largest absolute Gasteiger partial charge is 0.490 e. The van der Waals surface area contributed by atoms with E-state index in [1.165, 1.54) is 28.0 Å². The molecule has 2 bridgehead atoms. The first-order valence-corrected chi connectivity index (χ1v) is 33.9. The highest BCUT2D eigenvalue weighted by Crippen LogP contribution is 2.47. The number of carbonyl (C=O) groups excluding carboxylic acids is 3. The van der Waals surface area contributed by atoms with Crippen LogP contribution >= 0.6 is 11.6 Å². The van der Waals surface area contributed by atoms with Crippen LogP contribution < -0.4 is 14.4 Å². The van der Waals surface area contributed by atoms with Crippen LogP contribution in [0.2, 0.25) is 5.02 Å². The van der Waals surface area contributed by atoms with E-state index in [2.05, 4.69) is 57.9 Å². The minimum Gasteiger partial charge on any atom is -0.490 e. The molecule has 13 rings (SSSR count). The smallest absolute Gasteiger partial charge is 0.337 e. The van der Waals surface area contributed by atoms with Gasteiger partial charge in [0.05, 0.1) is 85.0 Å². The van der Waals surface area contributed by atoms with Crippen LogP contribution in [0.15, 0.2) is 89.7 Å². The van der Waals surface area contributed by atoms with Gasteiger partial charge in [-0.05, 0) is 116 Å². The van der Waals surface area contributed by atoms with Gasteiger partial charge in [0.25, 0.3) is 11.8 Å². The van der Waals surface area contributed by atoms with Crippen LogP contribution in [-0.4, -0.2) is 207 Å². The van der Waals surface area contributed by atoms with Crippen LogP contribution in [0.25, 0.3) is 0 Å². The topological polar surface area (TPSA) is 235 Å². The summed E-state index contributed by atoms with van der Waals surface area (Å²) in [6.07, 6.45) is 15.4. The molecule has 2 amide bonds. The number of piperazine rings is 2. The number of carboxylic acid groups (broad SMARTS) is 2. The Morgan fingerprint density at radius 2 is 1.42 bits per heavy atom. The van der Waals surface area contributed by atoms with Gasteiger partial charge in [0.2, 0.25) is 0 Å². The van der Waals surface area contributed by atoms with Crippen LogP contribution in [0.5, 0.6) is 5.75 Å². The average molecular weight is 1290 g/mol. The SMILES string of the molecule is CO[C@H]1/C=C/C[C@H](C)CS(=O)(NC(=O)c2cc(CN3CCN(C4COC4)CC3)n(C)c2)=NC(=O)c2ccc3c(c2)N(C[C@@H]2CC[C@H]21)C[C@@]1(CCCc2cc(Cl)ccc21)CO3.Cn1cc(C(=O)O)cc1C=O.Cn1cc(C(=O)O)cc1CN1CCN(C2COC2)CC1. The zero-order valence-corrected chi connectivity index (χ0v) is 54.5. The van der Waals surface area contributed by atoms with Gasteiger partial charge >= 0.3 is 11.9 Å². The summed E-state index contributed by atoms with van der Waals surface area (Å²) >= 11 is 6.50. The second-order valence-electron chi connectivity index (χ2n) is 26.1. The summed E-state index contributed by atoms with van der Waals surface area (Å²) in [6.45, 7) is 17.0. The Morgan fingerprint density at radius 1 is 0.802 bits per heavy atom. The summed E-state index contributed by atoms with van der Waals surface area (Å²) in [7, 11) is 3.67. The van der Waals surface area contributed by atoms with Crippen molar-refractivity contribution in [2.24, 2.45) is 43.3 Å². The maximum absolute atomic E-state index is 14.9. The zero-order chi connectivity index (χ0) is 64.1. The molecule has 3 aromatic heterocycles. The summed E-state index contributed by atoms with van der Waals surface area (Å²) in [5, 5.41) is 18.2. The van der Waals surface area contributed by atoms with Gasteiger partial charge in [-0.3, -0.25) is 38.7 Å². The number of benzene rings is 2. The molecule has 1 saturated carbocycles. The lowest BCUT2D eigenvalue weighted by Crippen LogP contribution is -2.56. The lowest BCUT2D eigenvalue weighted by Gasteiger charge is -2.46. The molecule has 3 N–H and O–H groups in total. The number of fused-ring (bicyclic) bond motifs is 4. The number of anilines is 1. The number of carbonyl (C=O) groups is 5. The van der Waals surface area contributed by atoms with E-state index >= 15 is 0 Å². The molecule has 1 unspecified atom stereocenters. The number of ether oxygens (including phenoxy) is 4.